The largest absolute Gasteiger partial charge is 2.00 e. The monoisotopic (exact) mass is 240 g/mol. The van der Waals surface area contributed by atoms with Gasteiger partial charge in [0.05, 0.1) is 0 Å². The summed E-state index contributed by atoms with van der Waals surface area (Å²) in [6.45, 7) is 0. The van der Waals surface area contributed by atoms with Crippen molar-refractivity contribution in [1.29, 1.82) is 0 Å². The Morgan fingerprint density at radius 3 is 1.14 bits per heavy atom. The van der Waals surface area contributed by atoms with Crippen LogP contribution >= 0.6 is 0 Å². The van der Waals surface area contributed by atoms with Gasteiger partial charge >= 0.3 is 75.0 Å². The molecule has 0 aliphatic heterocycles. The molecular weight excluding hydrogens is 240 g/mol. The topological polar surface area (TPSA) is 80.3 Å². The molecule has 1 radical (unpaired) electrons. The molecule has 0 heterocycles. The fourth-order valence-corrected chi connectivity index (χ4v) is 0. The van der Waals surface area contributed by atoms with Crippen LogP contribution in [-0.2, 0) is 27.2 Å². The molecule has 0 aliphatic rings. The molecular formula is CoO4RbS+. The minimum absolute atomic E-state index is 0. The molecule has 0 N–H and O–H groups in total. The molecule has 0 bridgehead atoms. The fraction of sp³-hybridized carbons (Fsp3) is 0. The van der Waals surface area contributed by atoms with E-state index in [0.717, 1.165) is 0 Å². The van der Waals surface area contributed by atoms with Gasteiger partial charge in [-0.25, -0.2) is 0 Å². The third-order valence-corrected chi connectivity index (χ3v) is 0. The molecule has 0 atom stereocenters. The Morgan fingerprint density at radius 1 is 1.14 bits per heavy atom. The van der Waals surface area contributed by atoms with Crippen molar-refractivity contribution in [3.8, 4) is 0 Å². The van der Waals surface area contributed by atoms with Crippen molar-refractivity contribution in [3.63, 3.8) is 0 Å². The van der Waals surface area contributed by atoms with Gasteiger partial charge in [0, 0.05) is 10.4 Å². The first-order valence-electron chi connectivity index (χ1n) is 0.667. The van der Waals surface area contributed by atoms with Gasteiger partial charge in [-0.15, -0.1) is 0 Å². The average Bonchev–Trinajstić information content (AvgIpc) is 0.722. The van der Waals surface area contributed by atoms with Crippen LogP contribution in [0, 0.1) is 0 Å². The Bertz CT molecular complexity index is 94.9. The van der Waals surface area contributed by atoms with Crippen molar-refractivity contribution in [2.24, 2.45) is 0 Å². The van der Waals surface area contributed by atoms with Crippen LogP contribution in [0.15, 0.2) is 0 Å². The minimum atomic E-state index is -5.17. The van der Waals surface area contributed by atoms with Crippen molar-refractivity contribution in [3.05, 3.63) is 0 Å². The number of hydrogen-bond acceptors (Lipinski definition) is 4. The summed E-state index contributed by atoms with van der Waals surface area (Å²) in [5, 5.41) is 0. The molecule has 0 spiro atoms. The maximum absolute atomic E-state index is 8.52. The SMILES string of the molecule is O=S(=O)([O-])[O-].[Co+2].[Rb+]. The normalized spacial score (nSPS) is 8.29. The van der Waals surface area contributed by atoms with Crippen LogP contribution in [-0.4, -0.2) is 17.5 Å². The van der Waals surface area contributed by atoms with Crippen molar-refractivity contribution < 1.29 is 92.5 Å². The molecule has 0 rings (SSSR count). The predicted molar refractivity (Wildman–Crippen MR) is 10.5 cm³/mol. The second-order valence-electron chi connectivity index (χ2n) is 0.408. The summed E-state index contributed by atoms with van der Waals surface area (Å²) in [7, 11) is -5.17. The summed E-state index contributed by atoms with van der Waals surface area (Å²) >= 11 is 0. The molecule has 0 unspecified atom stereocenters. The van der Waals surface area contributed by atoms with Gasteiger partial charge < -0.3 is 9.11 Å². The average molecular weight is 240 g/mol. The van der Waals surface area contributed by atoms with E-state index in [-0.39, 0.29) is 75.0 Å². The van der Waals surface area contributed by atoms with Gasteiger partial charge in [0.2, 0.25) is 0 Å². The smallest absolute Gasteiger partial charge is 0.759 e. The predicted octanol–water partition coefficient (Wildman–Crippen LogP) is -4.34. The van der Waals surface area contributed by atoms with Crippen LogP contribution in [0.2, 0.25) is 0 Å². The molecule has 0 aromatic rings. The Labute approximate surface area is 101 Å². The Balaban J connectivity index is -0.0000000800. The molecule has 0 saturated carbocycles. The van der Waals surface area contributed by atoms with Crippen molar-refractivity contribution in [1.82, 2.24) is 0 Å². The maximum Gasteiger partial charge on any atom is 2.00 e. The zero-order chi connectivity index (χ0) is 4.50. The van der Waals surface area contributed by atoms with Gasteiger partial charge in [-0.1, -0.05) is 0 Å². The van der Waals surface area contributed by atoms with Crippen LogP contribution in [0.4, 0.5) is 0 Å². The Kier molecular flexibility index (Phi) is 14.5. The molecule has 7 heavy (non-hydrogen) atoms. The standard InChI is InChI=1S/Co.H2O4S.Rb/c;1-5(2,3)4;/h;(H2,1,2,3,4);/q+2;;+1/p-2. The molecule has 0 fully saturated rings. The van der Waals surface area contributed by atoms with E-state index in [4.69, 9.17) is 17.5 Å². The second-order valence-corrected chi connectivity index (χ2v) is 1.22. The van der Waals surface area contributed by atoms with Gasteiger partial charge in [-0.2, -0.15) is 0 Å². The van der Waals surface area contributed by atoms with Crippen LogP contribution in [0.1, 0.15) is 0 Å². The fourth-order valence-electron chi connectivity index (χ4n) is 0. The van der Waals surface area contributed by atoms with E-state index in [1.165, 1.54) is 0 Å². The van der Waals surface area contributed by atoms with Gasteiger partial charge in [0.1, 0.15) is 0 Å². The maximum atomic E-state index is 8.52. The summed E-state index contributed by atoms with van der Waals surface area (Å²) in [4.78, 5) is 0. The van der Waals surface area contributed by atoms with Crippen LogP contribution in [0.25, 0.3) is 0 Å². The first-order chi connectivity index (χ1) is 2.00. The number of hydrogen-bond donors (Lipinski definition) is 0. The molecule has 0 aliphatic carbocycles. The third-order valence-electron chi connectivity index (χ3n) is 0. The van der Waals surface area contributed by atoms with Gasteiger partial charge in [-0.05, 0) is 0 Å². The molecule has 39 valence electrons. The minimum Gasteiger partial charge on any atom is -0.759 e. The Morgan fingerprint density at radius 2 is 1.14 bits per heavy atom. The van der Waals surface area contributed by atoms with Crippen molar-refractivity contribution in [2.45, 2.75) is 0 Å². The first-order valence-corrected chi connectivity index (χ1v) is 2.00. The van der Waals surface area contributed by atoms with Gasteiger partial charge in [0.15, 0.2) is 0 Å². The van der Waals surface area contributed by atoms with Gasteiger partial charge in [0.25, 0.3) is 0 Å². The molecule has 0 aromatic carbocycles. The molecule has 0 amide bonds. The summed E-state index contributed by atoms with van der Waals surface area (Å²) in [5.74, 6) is 0. The van der Waals surface area contributed by atoms with Gasteiger partial charge in [-0.3, -0.25) is 8.42 Å². The van der Waals surface area contributed by atoms with E-state index in [1.807, 2.05) is 0 Å². The van der Waals surface area contributed by atoms with E-state index in [9.17, 15) is 0 Å². The molecule has 4 nitrogen and oxygen atoms in total. The molecule has 0 aromatic heterocycles. The first kappa shape index (κ1) is 16.1. The van der Waals surface area contributed by atoms with Crippen LogP contribution < -0.4 is 58.2 Å². The van der Waals surface area contributed by atoms with E-state index in [1.54, 1.807) is 0 Å². The molecule has 0 saturated heterocycles. The summed E-state index contributed by atoms with van der Waals surface area (Å²) in [6, 6.07) is 0. The zero-order valence-corrected chi connectivity index (χ0v) is 10.1. The van der Waals surface area contributed by atoms with Crippen molar-refractivity contribution >= 4 is 10.4 Å². The van der Waals surface area contributed by atoms with E-state index >= 15 is 0 Å². The zero-order valence-electron chi connectivity index (χ0n) is 3.37. The summed E-state index contributed by atoms with van der Waals surface area (Å²) in [5.41, 5.74) is 0. The third kappa shape index (κ3) is 65.7. The number of rotatable bonds is 0. The Hall–Kier alpha value is 2.18. The quantitative estimate of drug-likeness (QED) is 0.317. The van der Waals surface area contributed by atoms with Crippen LogP contribution in [0.3, 0.4) is 0 Å². The summed E-state index contributed by atoms with van der Waals surface area (Å²) in [6.07, 6.45) is 0. The summed E-state index contributed by atoms with van der Waals surface area (Å²) < 4.78 is 34.1. The van der Waals surface area contributed by atoms with Crippen LogP contribution in [0.5, 0.6) is 0 Å². The van der Waals surface area contributed by atoms with E-state index < -0.39 is 10.4 Å². The van der Waals surface area contributed by atoms with E-state index in [2.05, 4.69) is 0 Å². The van der Waals surface area contributed by atoms with E-state index in [0.29, 0.717) is 0 Å². The molecule has 7 heteroatoms. The second kappa shape index (κ2) is 6.30. The van der Waals surface area contributed by atoms with Crippen molar-refractivity contribution in [2.75, 3.05) is 0 Å².